The first-order valence-electron chi connectivity index (χ1n) is 13.4. The highest BCUT2D eigenvalue weighted by Gasteiger charge is 2.24. The zero-order chi connectivity index (χ0) is 28.2. The Bertz CT molecular complexity index is 1710. The molecule has 0 atom stereocenters. The zero-order valence-corrected chi connectivity index (χ0v) is 22.2. The average molecular weight is 549 g/mol. The van der Waals surface area contributed by atoms with E-state index in [9.17, 15) is 14.7 Å². The van der Waals surface area contributed by atoms with Crippen LogP contribution in [0.15, 0.2) is 96.3 Å². The first-order chi connectivity index (χ1) is 20.0. The molecular weight excluding hydrogens is 520 g/mol. The minimum atomic E-state index is -0.872. The summed E-state index contributed by atoms with van der Waals surface area (Å²) >= 11 is 0. The molecule has 1 fully saturated rings. The molecule has 4 heterocycles. The van der Waals surface area contributed by atoms with E-state index in [1.165, 1.54) is 15.6 Å². The molecule has 3 aromatic heterocycles. The topological polar surface area (TPSA) is 131 Å². The van der Waals surface area contributed by atoms with E-state index in [0.717, 1.165) is 40.8 Å². The van der Waals surface area contributed by atoms with E-state index in [2.05, 4.69) is 25.5 Å². The van der Waals surface area contributed by atoms with Crippen LogP contribution in [0.4, 0.5) is 16.3 Å². The number of piperidine rings is 1. The first-order valence-corrected chi connectivity index (χ1v) is 13.4. The lowest BCUT2D eigenvalue weighted by atomic mass is 10.1. The van der Waals surface area contributed by atoms with Crippen LogP contribution < -0.4 is 10.9 Å². The molecule has 0 spiro atoms. The number of carbonyl (C=O) groups is 1. The molecule has 41 heavy (non-hydrogen) atoms. The van der Waals surface area contributed by atoms with Crippen molar-refractivity contribution >= 4 is 17.6 Å². The molecule has 11 nitrogen and oxygen atoms in total. The number of likely N-dealkylation sites (tertiary alicyclic amines) is 1. The van der Waals surface area contributed by atoms with E-state index in [0.29, 0.717) is 31.3 Å². The second-order valence-electron chi connectivity index (χ2n) is 9.91. The summed E-state index contributed by atoms with van der Waals surface area (Å²) in [6, 6.07) is 20.8. The molecule has 11 heteroatoms. The molecule has 1 saturated heterocycles. The number of nitrogens with one attached hydrogen (secondary N) is 1. The molecule has 0 radical (unpaired) electrons. The fraction of sp³-hybridized carbons (Fsp3) is 0.200. The molecular formula is C30H28N8O3. The van der Waals surface area contributed by atoms with Crippen molar-refractivity contribution in [2.24, 2.45) is 0 Å². The number of aromatic nitrogens is 6. The fourth-order valence-electron chi connectivity index (χ4n) is 4.91. The van der Waals surface area contributed by atoms with Crippen LogP contribution in [-0.2, 0) is 6.54 Å². The van der Waals surface area contributed by atoms with E-state index in [4.69, 9.17) is 0 Å². The van der Waals surface area contributed by atoms with Gasteiger partial charge in [-0.25, -0.2) is 19.4 Å². The predicted octanol–water partition coefficient (Wildman–Crippen LogP) is 4.67. The Kier molecular flexibility index (Phi) is 7.23. The molecule has 2 aromatic carbocycles. The van der Waals surface area contributed by atoms with E-state index >= 15 is 0 Å². The van der Waals surface area contributed by atoms with Crippen LogP contribution in [0.3, 0.4) is 0 Å². The Morgan fingerprint density at radius 2 is 1.68 bits per heavy atom. The lowest BCUT2D eigenvalue weighted by molar-refractivity contribution is 0.124. The number of nitrogens with zero attached hydrogens (tertiary/aromatic N) is 7. The van der Waals surface area contributed by atoms with Crippen LogP contribution in [0, 0.1) is 0 Å². The molecule has 1 aliphatic heterocycles. The summed E-state index contributed by atoms with van der Waals surface area (Å²) in [7, 11) is 0. The van der Waals surface area contributed by atoms with Gasteiger partial charge in [0, 0.05) is 60.1 Å². The zero-order valence-electron chi connectivity index (χ0n) is 22.2. The van der Waals surface area contributed by atoms with Crippen LogP contribution in [0.5, 0.6) is 0 Å². The summed E-state index contributed by atoms with van der Waals surface area (Å²) in [4.78, 5) is 34.3. The second-order valence-corrected chi connectivity index (χ2v) is 9.91. The van der Waals surface area contributed by atoms with Gasteiger partial charge in [0.25, 0.3) is 5.56 Å². The van der Waals surface area contributed by atoms with E-state index in [1.807, 2.05) is 65.5 Å². The Labute approximate surface area is 235 Å². The van der Waals surface area contributed by atoms with Crippen molar-refractivity contribution in [1.82, 2.24) is 34.4 Å². The van der Waals surface area contributed by atoms with Gasteiger partial charge in [-0.1, -0.05) is 36.4 Å². The van der Waals surface area contributed by atoms with Gasteiger partial charge in [0.15, 0.2) is 11.6 Å². The third-order valence-corrected chi connectivity index (χ3v) is 7.13. The normalized spacial score (nSPS) is 13.7. The lowest BCUT2D eigenvalue weighted by Crippen LogP contribution is -2.38. The Morgan fingerprint density at radius 1 is 0.902 bits per heavy atom. The van der Waals surface area contributed by atoms with Crippen molar-refractivity contribution in [3.8, 4) is 22.5 Å². The number of hydrogen-bond donors (Lipinski definition) is 2. The van der Waals surface area contributed by atoms with Crippen LogP contribution in [0.1, 0.15) is 24.4 Å². The van der Waals surface area contributed by atoms with Crippen LogP contribution in [0.2, 0.25) is 0 Å². The largest absolute Gasteiger partial charge is 0.465 e. The maximum absolute atomic E-state index is 12.5. The summed E-state index contributed by atoms with van der Waals surface area (Å²) in [5, 5.41) is 21.4. The Balaban J connectivity index is 1.14. The van der Waals surface area contributed by atoms with Gasteiger partial charge in [0.2, 0.25) is 0 Å². The van der Waals surface area contributed by atoms with Gasteiger partial charge in [-0.2, -0.15) is 10.2 Å². The predicted molar refractivity (Wildman–Crippen MR) is 154 cm³/mol. The van der Waals surface area contributed by atoms with E-state index in [-0.39, 0.29) is 11.6 Å². The molecule has 2 N–H and O–H groups in total. The number of benzene rings is 2. The van der Waals surface area contributed by atoms with Gasteiger partial charge in [-0.05, 0) is 42.7 Å². The van der Waals surface area contributed by atoms with Crippen molar-refractivity contribution in [1.29, 1.82) is 0 Å². The third-order valence-electron chi connectivity index (χ3n) is 7.13. The van der Waals surface area contributed by atoms with Gasteiger partial charge in [0.1, 0.15) is 0 Å². The van der Waals surface area contributed by atoms with Gasteiger partial charge in [-0.3, -0.25) is 9.48 Å². The summed E-state index contributed by atoms with van der Waals surface area (Å²) < 4.78 is 3.34. The highest BCUT2D eigenvalue weighted by Crippen LogP contribution is 2.26. The maximum Gasteiger partial charge on any atom is 0.407 e. The van der Waals surface area contributed by atoms with Crippen LogP contribution >= 0.6 is 0 Å². The van der Waals surface area contributed by atoms with E-state index in [1.54, 1.807) is 24.7 Å². The smallest absolute Gasteiger partial charge is 0.407 e. The molecule has 5 aromatic rings. The van der Waals surface area contributed by atoms with Gasteiger partial charge >= 0.3 is 6.09 Å². The number of carboxylic acid groups (broad SMARTS) is 1. The number of rotatable bonds is 7. The fourth-order valence-corrected chi connectivity index (χ4v) is 4.91. The number of hydrogen-bond acceptors (Lipinski definition) is 7. The minimum Gasteiger partial charge on any atom is -0.465 e. The summed E-state index contributed by atoms with van der Waals surface area (Å²) in [6.07, 6.45) is 7.88. The van der Waals surface area contributed by atoms with Gasteiger partial charge < -0.3 is 15.3 Å². The summed E-state index contributed by atoms with van der Waals surface area (Å²) in [5.74, 6) is 1.16. The molecule has 0 unspecified atom stereocenters. The monoisotopic (exact) mass is 548 g/mol. The Morgan fingerprint density at radius 3 is 2.44 bits per heavy atom. The molecule has 0 saturated carbocycles. The minimum absolute atomic E-state index is 0.166. The average Bonchev–Trinajstić information content (AvgIpc) is 3.50. The highest BCUT2D eigenvalue weighted by atomic mass is 16.4. The molecule has 1 aliphatic rings. The van der Waals surface area contributed by atoms with Crippen molar-refractivity contribution in [2.75, 3.05) is 18.4 Å². The van der Waals surface area contributed by atoms with Crippen molar-refractivity contribution in [2.45, 2.75) is 25.4 Å². The van der Waals surface area contributed by atoms with Gasteiger partial charge in [-0.15, -0.1) is 0 Å². The summed E-state index contributed by atoms with van der Waals surface area (Å²) in [5.41, 5.74) is 4.18. The van der Waals surface area contributed by atoms with E-state index < -0.39 is 6.09 Å². The summed E-state index contributed by atoms with van der Waals surface area (Å²) in [6.45, 7) is 1.32. The van der Waals surface area contributed by atoms with Crippen LogP contribution in [-0.4, -0.2) is 58.7 Å². The number of para-hydroxylation sites is 1. The van der Waals surface area contributed by atoms with Crippen molar-refractivity contribution < 1.29 is 9.90 Å². The third kappa shape index (κ3) is 5.98. The van der Waals surface area contributed by atoms with Crippen molar-refractivity contribution in [3.63, 3.8) is 0 Å². The highest BCUT2D eigenvalue weighted by molar-refractivity contribution is 5.65. The molecule has 0 bridgehead atoms. The standard InChI is InChI=1S/C30H28N8O3/c39-28-10-9-27(34-25-7-2-1-3-8-25)35-38(28)19-21-5-4-6-22(15-21)29-31-16-23(17-32-29)24-18-33-37(20-24)26-11-13-36(14-12-26)30(40)41/h1-10,15-18,20,26H,11-14,19H2,(H,34,35)(H,40,41). The SMILES string of the molecule is O=C(O)N1CCC(n2cc(-c3cnc(-c4cccc(Cn5nc(Nc6ccccc6)ccc5=O)c4)nc3)cn2)CC1. The Hall–Kier alpha value is -5.32. The first kappa shape index (κ1) is 25.9. The molecule has 6 rings (SSSR count). The van der Waals surface area contributed by atoms with Crippen LogP contribution in [0.25, 0.3) is 22.5 Å². The number of amides is 1. The molecule has 1 amide bonds. The lowest BCUT2D eigenvalue weighted by Gasteiger charge is -2.30. The quantitative estimate of drug-likeness (QED) is 0.300. The van der Waals surface area contributed by atoms with Crippen molar-refractivity contribution in [3.05, 3.63) is 107 Å². The maximum atomic E-state index is 12.5. The second kappa shape index (κ2) is 11.4. The number of anilines is 2. The van der Waals surface area contributed by atoms with Gasteiger partial charge in [0.05, 0.1) is 18.8 Å². The molecule has 0 aliphatic carbocycles. The molecule has 206 valence electrons.